The lowest BCUT2D eigenvalue weighted by Gasteiger charge is -2.10. The number of nitrogens with zero attached hydrogens (tertiary/aromatic N) is 5. The molecule has 2 amide bonds. The fourth-order valence-corrected chi connectivity index (χ4v) is 3.90. The molecule has 0 saturated carbocycles. The largest absolute Gasteiger partial charge is 0.433 e. The zero-order chi connectivity index (χ0) is 28.3. The molecule has 5 aromatic rings. The number of pyridine rings is 1. The van der Waals surface area contributed by atoms with E-state index in [1.54, 1.807) is 61.6 Å². The van der Waals surface area contributed by atoms with Crippen molar-refractivity contribution in [1.29, 1.82) is 0 Å². The van der Waals surface area contributed by atoms with E-state index in [2.05, 4.69) is 30.9 Å². The van der Waals surface area contributed by atoms with Gasteiger partial charge in [0, 0.05) is 36.1 Å². The lowest BCUT2D eigenvalue weighted by atomic mass is 10.0. The predicted octanol–water partition coefficient (Wildman–Crippen LogP) is 5.02. The van der Waals surface area contributed by atoms with Gasteiger partial charge in [-0.1, -0.05) is 24.3 Å². The highest BCUT2D eigenvalue weighted by Gasteiger charge is 2.37. The number of carbonyl (C=O) groups is 2. The first-order valence-electron chi connectivity index (χ1n) is 11.9. The number of nitrogens with one attached hydrogen (secondary N) is 2. The Labute approximate surface area is 225 Å². The Morgan fingerprint density at radius 2 is 1.57 bits per heavy atom. The molecule has 0 fully saturated rings. The van der Waals surface area contributed by atoms with Gasteiger partial charge in [-0.2, -0.15) is 18.3 Å². The number of alkyl halides is 3. The van der Waals surface area contributed by atoms with E-state index in [0.29, 0.717) is 21.4 Å². The van der Waals surface area contributed by atoms with Crippen molar-refractivity contribution in [2.24, 2.45) is 0 Å². The van der Waals surface area contributed by atoms with Crippen LogP contribution in [-0.2, 0) is 6.18 Å². The average Bonchev–Trinajstić information content (AvgIpc) is 3.44. The zero-order valence-electron chi connectivity index (χ0n) is 20.8. The fourth-order valence-electron chi connectivity index (χ4n) is 3.90. The fraction of sp³-hybridized carbons (Fsp3) is 0.0714. The Hall–Kier alpha value is -5.39. The molecule has 3 heterocycles. The van der Waals surface area contributed by atoms with Gasteiger partial charge in [0.25, 0.3) is 11.8 Å². The Morgan fingerprint density at radius 3 is 2.23 bits per heavy atom. The van der Waals surface area contributed by atoms with Crippen LogP contribution >= 0.6 is 0 Å². The Bertz CT molecular complexity index is 1670. The van der Waals surface area contributed by atoms with Crippen molar-refractivity contribution in [3.63, 3.8) is 0 Å². The van der Waals surface area contributed by atoms with Crippen molar-refractivity contribution >= 4 is 17.6 Å². The number of anilines is 1. The lowest BCUT2D eigenvalue weighted by molar-refractivity contribution is -0.142. The van der Waals surface area contributed by atoms with E-state index in [-0.39, 0.29) is 23.2 Å². The molecule has 0 radical (unpaired) electrons. The van der Waals surface area contributed by atoms with Gasteiger partial charge < -0.3 is 10.6 Å². The molecule has 0 aliphatic rings. The van der Waals surface area contributed by atoms with Gasteiger partial charge in [0.2, 0.25) is 0 Å². The van der Waals surface area contributed by atoms with Crippen LogP contribution in [-0.4, -0.2) is 43.8 Å². The van der Waals surface area contributed by atoms with Gasteiger partial charge in [0.05, 0.1) is 5.69 Å². The lowest BCUT2D eigenvalue weighted by Crippen LogP contribution is -2.17. The standard InChI is InChI=1S/C28H20F3N7O2/c1-32-26(39)18-9-7-17(8-10-18)19-4-2-5-20(14-19)27(40)34-24-11-12-25(36-35-24)38-23(28(29,30)31)15-22(37-38)21-6-3-13-33-16-21/h2-16H,1H3,(H,32,39)(H,34,35,40). The number of benzene rings is 2. The molecule has 12 heteroatoms. The third-order valence-electron chi connectivity index (χ3n) is 5.90. The van der Waals surface area contributed by atoms with Crippen molar-refractivity contribution in [1.82, 2.24) is 30.3 Å². The van der Waals surface area contributed by atoms with Crippen LogP contribution in [0, 0.1) is 0 Å². The minimum absolute atomic E-state index is 0.0438. The van der Waals surface area contributed by atoms with E-state index in [1.165, 1.54) is 24.5 Å². The Balaban J connectivity index is 1.35. The van der Waals surface area contributed by atoms with Gasteiger partial charge in [-0.3, -0.25) is 14.6 Å². The summed E-state index contributed by atoms with van der Waals surface area (Å²) in [5, 5.41) is 17.0. The second-order valence-corrected chi connectivity index (χ2v) is 8.53. The summed E-state index contributed by atoms with van der Waals surface area (Å²) in [4.78, 5) is 28.6. The molecule has 0 spiro atoms. The predicted molar refractivity (Wildman–Crippen MR) is 141 cm³/mol. The maximum Gasteiger partial charge on any atom is 0.433 e. The van der Waals surface area contributed by atoms with E-state index < -0.39 is 17.8 Å². The first-order valence-corrected chi connectivity index (χ1v) is 11.9. The van der Waals surface area contributed by atoms with Crippen LogP contribution in [0.2, 0.25) is 0 Å². The van der Waals surface area contributed by atoms with Crippen molar-refractivity contribution in [3.05, 3.63) is 108 Å². The summed E-state index contributed by atoms with van der Waals surface area (Å²) >= 11 is 0. The number of hydrogen-bond acceptors (Lipinski definition) is 6. The molecule has 200 valence electrons. The van der Waals surface area contributed by atoms with E-state index in [0.717, 1.165) is 17.2 Å². The van der Waals surface area contributed by atoms with Crippen molar-refractivity contribution in [3.8, 4) is 28.2 Å². The van der Waals surface area contributed by atoms with Crippen molar-refractivity contribution in [2.75, 3.05) is 12.4 Å². The molecule has 40 heavy (non-hydrogen) atoms. The molecule has 0 aliphatic carbocycles. The topological polar surface area (TPSA) is 115 Å². The monoisotopic (exact) mass is 543 g/mol. The number of hydrogen-bond donors (Lipinski definition) is 2. The SMILES string of the molecule is CNC(=O)c1ccc(-c2cccc(C(=O)Nc3ccc(-n4nc(-c5cccnc5)cc4C(F)(F)F)nn3)c2)cc1. The van der Waals surface area contributed by atoms with Gasteiger partial charge in [-0.25, -0.2) is 4.68 Å². The summed E-state index contributed by atoms with van der Waals surface area (Å²) in [6.45, 7) is 0. The van der Waals surface area contributed by atoms with E-state index >= 15 is 0 Å². The maximum absolute atomic E-state index is 13.7. The molecule has 9 nitrogen and oxygen atoms in total. The smallest absolute Gasteiger partial charge is 0.355 e. The van der Waals surface area contributed by atoms with Crippen LogP contribution in [0.3, 0.4) is 0 Å². The normalized spacial score (nSPS) is 11.2. The van der Waals surface area contributed by atoms with Gasteiger partial charge >= 0.3 is 6.18 Å². The third-order valence-corrected chi connectivity index (χ3v) is 5.90. The van der Waals surface area contributed by atoms with Gasteiger partial charge in [-0.15, -0.1) is 10.2 Å². The van der Waals surface area contributed by atoms with Gasteiger partial charge in [0.1, 0.15) is 0 Å². The zero-order valence-corrected chi connectivity index (χ0v) is 20.8. The number of rotatable bonds is 6. The van der Waals surface area contributed by atoms with Gasteiger partial charge in [0.15, 0.2) is 17.3 Å². The molecule has 0 aliphatic heterocycles. The summed E-state index contributed by atoms with van der Waals surface area (Å²) in [6, 6.07) is 20.4. The van der Waals surface area contributed by atoms with Crippen LogP contribution < -0.4 is 10.6 Å². The Morgan fingerprint density at radius 1 is 0.800 bits per heavy atom. The second-order valence-electron chi connectivity index (χ2n) is 8.53. The van der Waals surface area contributed by atoms with Crippen molar-refractivity contribution in [2.45, 2.75) is 6.18 Å². The number of carbonyl (C=O) groups excluding carboxylic acids is 2. The van der Waals surface area contributed by atoms with Crippen LogP contribution in [0.5, 0.6) is 0 Å². The highest BCUT2D eigenvalue weighted by Crippen LogP contribution is 2.33. The minimum Gasteiger partial charge on any atom is -0.355 e. The van der Waals surface area contributed by atoms with Crippen LogP contribution in [0.4, 0.5) is 19.0 Å². The second kappa shape index (κ2) is 10.8. The molecular weight excluding hydrogens is 523 g/mol. The summed E-state index contributed by atoms with van der Waals surface area (Å²) in [7, 11) is 1.55. The molecule has 0 atom stereocenters. The molecule has 0 bridgehead atoms. The number of amides is 2. The number of aromatic nitrogens is 5. The molecule has 0 saturated heterocycles. The van der Waals surface area contributed by atoms with Gasteiger partial charge in [-0.05, 0) is 65.7 Å². The Kier molecular flexibility index (Phi) is 7.06. The number of halogens is 3. The average molecular weight is 544 g/mol. The maximum atomic E-state index is 13.7. The minimum atomic E-state index is -4.70. The van der Waals surface area contributed by atoms with Crippen LogP contribution in [0.25, 0.3) is 28.2 Å². The van der Waals surface area contributed by atoms with Crippen molar-refractivity contribution < 1.29 is 22.8 Å². The molecule has 5 rings (SSSR count). The highest BCUT2D eigenvalue weighted by atomic mass is 19.4. The molecule has 3 aromatic heterocycles. The van der Waals surface area contributed by atoms with E-state index in [4.69, 9.17) is 0 Å². The van der Waals surface area contributed by atoms with E-state index in [9.17, 15) is 22.8 Å². The first-order chi connectivity index (χ1) is 19.2. The summed E-state index contributed by atoms with van der Waals surface area (Å²) in [5.74, 6) is -0.826. The molecule has 2 N–H and O–H groups in total. The molecule has 0 unspecified atom stereocenters. The summed E-state index contributed by atoms with van der Waals surface area (Å²) < 4.78 is 41.8. The van der Waals surface area contributed by atoms with Crippen LogP contribution in [0.15, 0.2) is 91.3 Å². The highest BCUT2D eigenvalue weighted by molar-refractivity contribution is 6.04. The first kappa shape index (κ1) is 26.2. The third kappa shape index (κ3) is 5.55. The summed E-state index contributed by atoms with van der Waals surface area (Å²) in [6.07, 6.45) is -1.78. The van der Waals surface area contributed by atoms with E-state index in [1.807, 2.05) is 6.07 Å². The molecular formula is C28H20F3N7O2. The molecule has 2 aromatic carbocycles. The van der Waals surface area contributed by atoms with Crippen LogP contribution in [0.1, 0.15) is 26.4 Å². The summed E-state index contributed by atoms with van der Waals surface area (Å²) in [5.41, 5.74) is 1.84. The quantitative estimate of drug-likeness (QED) is 0.311.